The van der Waals surface area contributed by atoms with Gasteiger partial charge in [0.05, 0.1) is 21.4 Å². The maximum atomic E-state index is 12.8. The first-order valence-electron chi connectivity index (χ1n) is 13.1. The standard InChI is InChI=1S/C33H25BrClN3O4/c1-21-7-13-29(24-5-3-2-4-6-24)38(21)26-11-9-25(10-12-26)33(39)37-36-18-23-15-27(34)32(28(35)16-23)40-19-22-8-14-30-31(17-22)42-20-41-30/h2-18H,19-20H2,1H3,(H,37,39)/b36-18+. The molecular weight excluding hydrogens is 618 g/mol. The number of aryl methyl sites for hydroxylation is 1. The maximum Gasteiger partial charge on any atom is 0.271 e. The van der Waals surface area contributed by atoms with Crippen LogP contribution in [-0.2, 0) is 6.61 Å². The van der Waals surface area contributed by atoms with Crippen LogP contribution in [0.2, 0.25) is 5.02 Å². The van der Waals surface area contributed by atoms with Crippen LogP contribution >= 0.6 is 27.5 Å². The third-order valence-corrected chi connectivity index (χ3v) is 7.62. The molecule has 0 fully saturated rings. The van der Waals surface area contributed by atoms with E-state index < -0.39 is 0 Å². The van der Waals surface area contributed by atoms with Crippen molar-refractivity contribution < 1.29 is 19.0 Å². The van der Waals surface area contributed by atoms with Crippen molar-refractivity contribution >= 4 is 39.7 Å². The molecule has 1 N–H and O–H groups in total. The van der Waals surface area contributed by atoms with Crippen molar-refractivity contribution in [3.8, 4) is 34.2 Å². The van der Waals surface area contributed by atoms with Gasteiger partial charge in [-0.1, -0.05) is 48.0 Å². The van der Waals surface area contributed by atoms with E-state index in [1.807, 2.05) is 54.6 Å². The molecule has 2 heterocycles. The molecule has 42 heavy (non-hydrogen) atoms. The van der Waals surface area contributed by atoms with Crippen molar-refractivity contribution in [1.29, 1.82) is 0 Å². The highest BCUT2D eigenvalue weighted by atomic mass is 79.9. The fourth-order valence-electron chi connectivity index (χ4n) is 4.69. The van der Waals surface area contributed by atoms with Crippen molar-refractivity contribution in [1.82, 2.24) is 9.99 Å². The van der Waals surface area contributed by atoms with E-state index in [4.69, 9.17) is 25.8 Å². The molecule has 0 saturated carbocycles. The zero-order valence-electron chi connectivity index (χ0n) is 22.5. The molecule has 0 aliphatic carbocycles. The second-order valence-electron chi connectivity index (χ2n) is 9.60. The predicted molar refractivity (Wildman–Crippen MR) is 167 cm³/mol. The Morgan fingerprint density at radius 2 is 1.79 bits per heavy atom. The number of aromatic nitrogens is 1. The highest BCUT2D eigenvalue weighted by molar-refractivity contribution is 9.10. The van der Waals surface area contributed by atoms with Gasteiger partial charge < -0.3 is 18.8 Å². The number of carbonyl (C=O) groups is 1. The first-order valence-corrected chi connectivity index (χ1v) is 14.3. The smallest absolute Gasteiger partial charge is 0.271 e. The number of hydrazone groups is 1. The lowest BCUT2D eigenvalue weighted by Gasteiger charge is -2.13. The minimum absolute atomic E-state index is 0.219. The van der Waals surface area contributed by atoms with Gasteiger partial charge in [0, 0.05) is 16.9 Å². The van der Waals surface area contributed by atoms with Gasteiger partial charge in [-0.15, -0.1) is 0 Å². The van der Waals surface area contributed by atoms with E-state index in [0.29, 0.717) is 38.7 Å². The van der Waals surface area contributed by atoms with Crippen LogP contribution in [0.3, 0.4) is 0 Å². The number of amides is 1. The Kier molecular flexibility index (Phi) is 7.99. The number of nitrogens with zero attached hydrogens (tertiary/aromatic N) is 2. The van der Waals surface area contributed by atoms with Gasteiger partial charge in [0.1, 0.15) is 6.61 Å². The average Bonchev–Trinajstić information content (AvgIpc) is 3.63. The van der Waals surface area contributed by atoms with E-state index in [1.165, 1.54) is 6.21 Å². The largest absolute Gasteiger partial charge is 0.486 e. The van der Waals surface area contributed by atoms with Gasteiger partial charge in [-0.2, -0.15) is 5.10 Å². The van der Waals surface area contributed by atoms with Crippen LogP contribution in [0.4, 0.5) is 0 Å². The summed E-state index contributed by atoms with van der Waals surface area (Å²) in [4.78, 5) is 12.8. The van der Waals surface area contributed by atoms with Gasteiger partial charge in [0.15, 0.2) is 17.2 Å². The van der Waals surface area contributed by atoms with E-state index in [-0.39, 0.29) is 12.7 Å². The fourth-order valence-corrected chi connectivity index (χ4v) is 5.67. The zero-order chi connectivity index (χ0) is 29.1. The number of carbonyl (C=O) groups excluding carboxylic acids is 1. The number of hydrogen-bond acceptors (Lipinski definition) is 5. The van der Waals surface area contributed by atoms with Crippen molar-refractivity contribution in [2.75, 3.05) is 6.79 Å². The number of rotatable bonds is 8. The van der Waals surface area contributed by atoms with Crippen molar-refractivity contribution in [2.45, 2.75) is 13.5 Å². The molecule has 9 heteroatoms. The SMILES string of the molecule is Cc1ccc(-c2ccccc2)n1-c1ccc(C(=O)N/N=C/c2cc(Cl)c(OCc3ccc4c(c3)OCO4)c(Br)c2)cc1. The Balaban J connectivity index is 1.09. The summed E-state index contributed by atoms with van der Waals surface area (Å²) >= 11 is 10.0. The Labute approximate surface area is 256 Å². The normalized spacial score (nSPS) is 12.1. The first kappa shape index (κ1) is 27.6. The number of halogens is 2. The van der Waals surface area contributed by atoms with Crippen LogP contribution < -0.4 is 19.6 Å². The van der Waals surface area contributed by atoms with E-state index in [0.717, 1.165) is 34.0 Å². The minimum atomic E-state index is -0.320. The second-order valence-corrected chi connectivity index (χ2v) is 10.9. The Morgan fingerprint density at radius 3 is 2.57 bits per heavy atom. The molecule has 0 unspecified atom stereocenters. The van der Waals surface area contributed by atoms with Crippen LogP contribution in [0.5, 0.6) is 17.2 Å². The van der Waals surface area contributed by atoms with E-state index in [9.17, 15) is 4.79 Å². The quantitative estimate of drug-likeness (QED) is 0.138. The van der Waals surface area contributed by atoms with Gasteiger partial charge in [-0.05, 0) is 100 Å². The van der Waals surface area contributed by atoms with Gasteiger partial charge in [0.2, 0.25) is 6.79 Å². The van der Waals surface area contributed by atoms with Gasteiger partial charge in [-0.25, -0.2) is 5.43 Å². The van der Waals surface area contributed by atoms with Crippen LogP contribution in [0.15, 0.2) is 107 Å². The lowest BCUT2D eigenvalue weighted by atomic mass is 10.1. The molecule has 0 atom stereocenters. The van der Waals surface area contributed by atoms with E-state index in [2.05, 4.69) is 62.2 Å². The Hall–Kier alpha value is -4.53. The maximum absolute atomic E-state index is 12.8. The monoisotopic (exact) mass is 641 g/mol. The first-order chi connectivity index (χ1) is 20.5. The average molecular weight is 643 g/mol. The summed E-state index contributed by atoms with van der Waals surface area (Å²) in [6.45, 7) is 2.58. The number of hydrogen-bond donors (Lipinski definition) is 1. The number of nitrogens with one attached hydrogen (secondary N) is 1. The number of ether oxygens (including phenoxy) is 3. The highest BCUT2D eigenvalue weighted by Gasteiger charge is 2.15. The Bertz CT molecular complexity index is 1760. The van der Waals surface area contributed by atoms with Crippen molar-refractivity contribution in [3.05, 3.63) is 129 Å². The Morgan fingerprint density at radius 1 is 1.00 bits per heavy atom. The lowest BCUT2D eigenvalue weighted by Crippen LogP contribution is -2.17. The molecule has 0 spiro atoms. The lowest BCUT2D eigenvalue weighted by molar-refractivity contribution is 0.0955. The molecule has 4 aromatic carbocycles. The number of benzene rings is 4. The predicted octanol–water partition coefficient (Wildman–Crippen LogP) is 7.94. The van der Waals surface area contributed by atoms with E-state index >= 15 is 0 Å². The fraction of sp³-hybridized carbons (Fsp3) is 0.0909. The van der Waals surface area contributed by atoms with Crippen molar-refractivity contribution in [3.63, 3.8) is 0 Å². The molecule has 1 amide bonds. The van der Waals surface area contributed by atoms with Crippen LogP contribution in [0.1, 0.15) is 27.2 Å². The summed E-state index contributed by atoms with van der Waals surface area (Å²) < 4.78 is 19.6. The molecule has 1 aliphatic rings. The molecule has 1 aromatic heterocycles. The second kappa shape index (κ2) is 12.1. The van der Waals surface area contributed by atoms with Crippen LogP contribution in [0, 0.1) is 6.92 Å². The molecule has 0 saturated heterocycles. The molecule has 6 rings (SSSR count). The third kappa shape index (κ3) is 5.91. The molecule has 5 aromatic rings. The molecule has 0 radical (unpaired) electrons. The molecular formula is C33H25BrClN3O4. The van der Waals surface area contributed by atoms with E-state index in [1.54, 1.807) is 18.2 Å². The summed E-state index contributed by atoms with van der Waals surface area (Å²) in [5.41, 5.74) is 8.97. The van der Waals surface area contributed by atoms with Gasteiger partial charge in [0.25, 0.3) is 5.91 Å². The summed E-state index contributed by atoms with van der Waals surface area (Å²) in [6, 6.07) is 31.0. The van der Waals surface area contributed by atoms with Crippen LogP contribution in [0.25, 0.3) is 16.9 Å². The number of fused-ring (bicyclic) bond motifs is 1. The summed E-state index contributed by atoms with van der Waals surface area (Å²) in [6.07, 6.45) is 1.53. The van der Waals surface area contributed by atoms with Crippen LogP contribution in [-0.4, -0.2) is 23.5 Å². The molecule has 0 bridgehead atoms. The molecule has 7 nitrogen and oxygen atoms in total. The summed E-state index contributed by atoms with van der Waals surface area (Å²) in [7, 11) is 0. The van der Waals surface area contributed by atoms with Crippen molar-refractivity contribution in [2.24, 2.45) is 5.10 Å². The molecule has 210 valence electrons. The zero-order valence-corrected chi connectivity index (χ0v) is 24.9. The molecule has 1 aliphatic heterocycles. The third-order valence-electron chi connectivity index (χ3n) is 6.75. The summed E-state index contributed by atoms with van der Waals surface area (Å²) in [5.74, 6) is 1.59. The topological polar surface area (TPSA) is 74.1 Å². The highest BCUT2D eigenvalue weighted by Crippen LogP contribution is 2.36. The van der Waals surface area contributed by atoms with Gasteiger partial charge >= 0.3 is 0 Å². The van der Waals surface area contributed by atoms with Gasteiger partial charge in [-0.3, -0.25) is 4.79 Å². The minimum Gasteiger partial charge on any atom is -0.486 e. The summed E-state index contributed by atoms with van der Waals surface area (Å²) in [5, 5.41) is 4.53.